The number of nitrogens with two attached hydrogens (primary N) is 1. The van der Waals surface area contributed by atoms with E-state index in [1.807, 2.05) is 16.7 Å². The van der Waals surface area contributed by atoms with E-state index in [1.165, 1.54) is 23.7 Å². The summed E-state index contributed by atoms with van der Waals surface area (Å²) in [6, 6.07) is 0.323. The summed E-state index contributed by atoms with van der Waals surface area (Å²) in [5, 5.41) is 3.71. The molecule has 0 radical (unpaired) electrons. The van der Waals surface area contributed by atoms with Gasteiger partial charge in [-0.3, -0.25) is 4.79 Å². The van der Waals surface area contributed by atoms with Crippen LogP contribution in [0, 0.1) is 5.92 Å². The minimum absolute atomic E-state index is 0.0226. The van der Waals surface area contributed by atoms with Gasteiger partial charge in [0.1, 0.15) is 12.5 Å². The summed E-state index contributed by atoms with van der Waals surface area (Å²) in [6.45, 7) is 2.55. The van der Waals surface area contributed by atoms with Crippen molar-refractivity contribution < 1.29 is 9.18 Å². The number of rotatable bonds is 7. The fraction of sp³-hybridized carbons (Fsp3) is 0.478. The Balaban J connectivity index is 1.48. The Morgan fingerprint density at radius 2 is 2.12 bits per heavy atom. The number of fused-ring (bicyclic) bond motifs is 2. The van der Waals surface area contributed by atoms with Crippen molar-refractivity contribution in [3.63, 3.8) is 0 Å². The molecule has 2 aromatic rings. The van der Waals surface area contributed by atoms with Gasteiger partial charge in [0.15, 0.2) is 22.1 Å². The predicted octanol–water partition coefficient (Wildman–Crippen LogP) is 4.08. The van der Waals surface area contributed by atoms with Gasteiger partial charge >= 0.3 is 0 Å². The molecule has 0 saturated heterocycles. The zero-order valence-corrected chi connectivity index (χ0v) is 18.9. The Hall–Kier alpha value is -2.68. The molecule has 3 aliphatic carbocycles. The molecule has 1 fully saturated rings. The van der Waals surface area contributed by atoms with Crippen LogP contribution in [0.5, 0.6) is 0 Å². The molecule has 2 aromatic heterocycles. The van der Waals surface area contributed by atoms with Crippen molar-refractivity contribution in [1.82, 2.24) is 24.8 Å². The van der Waals surface area contributed by atoms with E-state index in [0.29, 0.717) is 47.6 Å². The van der Waals surface area contributed by atoms with Crippen LogP contribution in [0.4, 0.5) is 10.2 Å². The van der Waals surface area contributed by atoms with E-state index in [2.05, 4.69) is 28.3 Å². The van der Waals surface area contributed by atoms with Crippen LogP contribution >= 0.6 is 11.8 Å². The molecule has 0 aliphatic heterocycles. The molecule has 168 valence electrons. The third-order valence-corrected chi connectivity index (χ3v) is 7.26. The standard InChI is InChI=1S/C23H27FN6OS/c1-2-14-9-13-3-6-17(24)15(10-13)11-18(14)32-23-29-20-21(25)26-12-27-22(20)30(23)8-7-19(31)28-16-4-5-16/h9-13,16-17H,2-8H2,1H3,(H,28,31)(H2,25,26,27). The molecule has 5 rings (SSSR count). The smallest absolute Gasteiger partial charge is 0.222 e. The molecular formula is C23H27FN6OS. The molecule has 1 saturated carbocycles. The molecule has 7 nitrogen and oxygen atoms in total. The highest BCUT2D eigenvalue weighted by Crippen LogP contribution is 2.41. The molecule has 2 heterocycles. The first kappa shape index (κ1) is 21.2. The monoisotopic (exact) mass is 454 g/mol. The van der Waals surface area contributed by atoms with E-state index in [9.17, 15) is 9.18 Å². The molecule has 2 bridgehead atoms. The fourth-order valence-corrected chi connectivity index (χ4v) is 5.39. The number of halogens is 1. The Kier molecular flexibility index (Phi) is 5.75. The number of aryl methyl sites for hydroxylation is 1. The summed E-state index contributed by atoms with van der Waals surface area (Å²) in [4.78, 5) is 26.5. The van der Waals surface area contributed by atoms with Crippen LogP contribution in [0.15, 0.2) is 45.8 Å². The Labute approximate surface area is 190 Å². The van der Waals surface area contributed by atoms with Gasteiger partial charge < -0.3 is 15.6 Å². The van der Waals surface area contributed by atoms with Gasteiger partial charge in [0.25, 0.3) is 0 Å². The summed E-state index contributed by atoms with van der Waals surface area (Å²) in [5.74, 6) is 0.601. The Morgan fingerprint density at radius 3 is 2.91 bits per heavy atom. The number of carbonyl (C=O) groups excluding carboxylic acids is 1. The van der Waals surface area contributed by atoms with E-state index in [-0.39, 0.29) is 11.8 Å². The number of alkyl halides is 1. The second-order valence-electron chi connectivity index (χ2n) is 8.60. The molecule has 0 spiro atoms. The van der Waals surface area contributed by atoms with Crippen LogP contribution in [0.1, 0.15) is 45.4 Å². The maximum absolute atomic E-state index is 14.6. The number of nitrogens with zero attached hydrogens (tertiary/aromatic N) is 4. The van der Waals surface area contributed by atoms with Gasteiger partial charge in [-0.2, -0.15) is 0 Å². The van der Waals surface area contributed by atoms with Crippen molar-refractivity contribution in [3.8, 4) is 0 Å². The number of imidazole rings is 1. The Morgan fingerprint density at radius 1 is 1.28 bits per heavy atom. The number of hydrogen-bond acceptors (Lipinski definition) is 6. The molecular weight excluding hydrogens is 427 g/mol. The molecule has 2 unspecified atom stereocenters. The largest absolute Gasteiger partial charge is 0.382 e. The van der Waals surface area contributed by atoms with Crippen LogP contribution in [-0.2, 0) is 11.3 Å². The number of aromatic nitrogens is 4. The first-order valence-corrected chi connectivity index (χ1v) is 12.1. The summed E-state index contributed by atoms with van der Waals surface area (Å²) < 4.78 is 16.5. The first-order valence-electron chi connectivity index (χ1n) is 11.2. The van der Waals surface area contributed by atoms with Gasteiger partial charge in [0, 0.05) is 23.9 Å². The van der Waals surface area contributed by atoms with Crippen LogP contribution in [0.25, 0.3) is 11.2 Å². The number of amides is 1. The van der Waals surface area contributed by atoms with Gasteiger partial charge in [0.2, 0.25) is 5.91 Å². The fourth-order valence-electron chi connectivity index (χ4n) is 4.23. The number of anilines is 1. The Bertz CT molecular complexity index is 1150. The number of hydrogen-bond donors (Lipinski definition) is 2. The molecule has 0 aromatic carbocycles. The number of carbonyl (C=O) groups is 1. The van der Waals surface area contributed by atoms with E-state index >= 15 is 0 Å². The van der Waals surface area contributed by atoms with Gasteiger partial charge in [-0.15, -0.1) is 0 Å². The number of allylic oxidation sites excluding steroid dienone is 5. The maximum Gasteiger partial charge on any atom is 0.222 e. The quantitative estimate of drug-likeness (QED) is 0.654. The molecule has 3 N–H and O–H groups in total. The molecule has 3 aliphatic rings. The topological polar surface area (TPSA) is 98.7 Å². The minimum Gasteiger partial charge on any atom is -0.382 e. The number of nitrogens with one attached hydrogen (secondary N) is 1. The van der Waals surface area contributed by atoms with Gasteiger partial charge in [-0.05, 0) is 55.2 Å². The lowest BCUT2D eigenvalue weighted by Crippen LogP contribution is -2.26. The molecule has 9 heteroatoms. The zero-order chi connectivity index (χ0) is 22.2. The average molecular weight is 455 g/mol. The van der Waals surface area contributed by atoms with Gasteiger partial charge in [-0.25, -0.2) is 19.3 Å². The van der Waals surface area contributed by atoms with E-state index < -0.39 is 6.17 Å². The van der Waals surface area contributed by atoms with Gasteiger partial charge in [-0.1, -0.05) is 30.8 Å². The lowest BCUT2D eigenvalue weighted by atomic mass is 9.89. The minimum atomic E-state index is -0.932. The predicted molar refractivity (Wildman–Crippen MR) is 124 cm³/mol. The van der Waals surface area contributed by atoms with Crippen LogP contribution in [0.2, 0.25) is 0 Å². The van der Waals surface area contributed by atoms with E-state index in [4.69, 9.17) is 10.7 Å². The lowest BCUT2D eigenvalue weighted by Gasteiger charge is -2.18. The highest BCUT2D eigenvalue weighted by Gasteiger charge is 2.27. The van der Waals surface area contributed by atoms with E-state index in [1.54, 1.807) is 0 Å². The number of nitrogen functional groups attached to an aromatic ring is 1. The van der Waals surface area contributed by atoms with Crippen molar-refractivity contribution in [2.75, 3.05) is 5.73 Å². The SMILES string of the molecule is CCC1=CC2C=C(C=C1Sc1nc3c(N)ncnc3n1CCC(=O)NC1CC1)C(F)CC2. The van der Waals surface area contributed by atoms with Crippen molar-refractivity contribution in [1.29, 1.82) is 0 Å². The normalized spacial score (nSPS) is 22.8. The number of thioether (sulfide) groups is 1. The van der Waals surface area contributed by atoms with Crippen molar-refractivity contribution in [2.24, 2.45) is 5.92 Å². The third kappa shape index (κ3) is 4.30. The van der Waals surface area contributed by atoms with Crippen molar-refractivity contribution >= 4 is 34.7 Å². The summed E-state index contributed by atoms with van der Waals surface area (Å²) >= 11 is 1.48. The summed E-state index contributed by atoms with van der Waals surface area (Å²) in [5.41, 5.74) is 9.13. The second kappa shape index (κ2) is 8.69. The molecule has 1 amide bonds. The van der Waals surface area contributed by atoms with Crippen molar-refractivity contribution in [2.45, 2.75) is 69.4 Å². The van der Waals surface area contributed by atoms with Crippen molar-refractivity contribution in [3.05, 3.63) is 40.6 Å². The first-order chi connectivity index (χ1) is 15.5. The van der Waals surface area contributed by atoms with Crippen LogP contribution in [-0.4, -0.2) is 37.6 Å². The molecule has 2 atom stereocenters. The highest BCUT2D eigenvalue weighted by atomic mass is 32.2. The highest BCUT2D eigenvalue weighted by molar-refractivity contribution is 8.03. The van der Waals surface area contributed by atoms with E-state index in [0.717, 1.165) is 36.2 Å². The third-order valence-electron chi connectivity index (χ3n) is 6.16. The maximum atomic E-state index is 14.6. The zero-order valence-electron chi connectivity index (χ0n) is 18.1. The summed E-state index contributed by atoms with van der Waals surface area (Å²) in [6.07, 6.45) is 11.4. The molecule has 32 heavy (non-hydrogen) atoms. The van der Waals surface area contributed by atoms with Gasteiger partial charge in [0.05, 0.1) is 0 Å². The van der Waals surface area contributed by atoms with Crippen LogP contribution < -0.4 is 11.1 Å². The lowest BCUT2D eigenvalue weighted by molar-refractivity contribution is -0.121. The average Bonchev–Trinajstić information content (AvgIpc) is 3.53. The van der Waals surface area contributed by atoms with Crippen LogP contribution in [0.3, 0.4) is 0 Å². The second-order valence-corrected chi connectivity index (χ2v) is 9.61. The summed E-state index contributed by atoms with van der Waals surface area (Å²) in [7, 11) is 0.